The summed E-state index contributed by atoms with van der Waals surface area (Å²) in [5.41, 5.74) is -1.70. The van der Waals surface area contributed by atoms with E-state index in [9.17, 15) is 28.6 Å². The van der Waals surface area contributed by atoms with Gasteiger partial charge in [-0.3, -0.25) is 9.69 Å². The van der Waals surface area contributed by atoms with E-state index in [4.69, 9.17) is 0 Å². The highest BCUT2D eigenvalue weighted by atomic mass is 19.1. The number of aliphatic hydroxyl groups excluding tert-OH is 1. The van der Waals surface area contributed by atoms with Gasteiger partial charge < -0.3 is 20.8 Å². The third-order valence-electron chi connectivity index (χ3n) is 5.06. The van der Waals surface area contributed by atoms with Gasteiger partial charge in [0.15, 0.2) is 0 Å². The van der Waals surface area contributed by atoms with Gasteiger partial charge >= 0.3 is 6.09 Å². The fraction of sp³-hybridized carbons (Fsp3) is 0.652. The highest BCUT2D eigenvalue weighted by Gasteiger charge is 2.38. The molecule has 0 aromatic heterocycles. The lowest BCUT2D eigenvalue weighted by Crippen LogP contribution is -2.60. The maximum absolute atomic E-state index is 13.7. The van der Waals surface area contributed by atoms with Crippen molar-refractivity contribution in [2.75, 3.05) is 13.1 Å². The Morgan fingerprint density at radius 3 is 2.00 bits per heavy atom. The minimum absolute atomic E-state index is 0.107. The average molecular weight is 458 g/mol. The minimum atomic E-state index is -1.27. The maximum Gasteiger partial charge on any atom is 0.408 e. The first-order valence-corrected chi connectivity index (χ1v) is 10.7. The first kappa shape index (κ1) is 27.8. The van der Waals surface area contributed by atoms with Crippen LogP contribution in [0.25, 0.3) is 0 Å². The van der Waals surface area contributed by atoms with Crippen molar-refractivity contribution in [2.24, 2.45) is 5.92 Å². The second-order valence-corrected chi connectivity index (χ2v) is 10.0. The first-order chi connectivity index (χ1) is 14.5. The molecule has 0 saturated heterocycles. The van der Waals surface area contributed by atoms with E-state index < -0.39 is 41.0 Å². The Bertz CT molecular complexity index is 774. The standard InChI is InChI=1S/C23H37F2N3O4/c1-14(2)12-26-20(30)23(6,7)27-13-19(29)18(28(21(31)32)22(3,4)5)10-15-8-16(24)11-17(25)9-15/h8-9,11,14,18-19,27,29H,10,12-13H2,1-7H3,(H,26,30)(H,31,32)/t18-,19-/m0/s1. The fourth-order valence-corrected chi connectivity index (χ4v) is 3.39. The van der Waals surface area contributed by atoms with Crippen molar-refractivity contribution in [3.8, 4) is 0 Å². The molecular formula is C23H37F2N3O4. The Labute approximate surface area is 189 Å². The van der Waals surface area contributed by atoms with Gasteiger partial charge in [0.05, 0.1) is 17.7 Å². The van der Waals surface area contributed by atoms with Crippen molar-refractivity contribution >= 4 is 12.0 Å². The number of nitrogens with zero attached hydrogens (tertiary/aromatic N) is 1. The van der Waals surface area contributed by atoms with Gasteiger partial charge in [-0.1, -0.05) is 13.8 Å². The van der Waals surface area contributed by atoms with Crippen molar-refractivity contribution in [1.29, 1.82) is 0 Å². The summed E-state index contributed by atoms with van der Waals surface area (Å²) in [5, 5.41) is 26.6. The van der Waals surface area contributed by atoms with Crippen molar-refractivity contribution in [3.63, 3.8) is 0 Å². The summed E-state index contributed by atoms with van der Waals surface area (Å²) in [6.45, 7) is 12.7. The zero-order chi connectivity index (χ0) is 24.9. The van der Waals surface area contributed by atoms with E-state index in [1.54, 1.807) is 34.6 Å². The molecule has 0 unspecified atom stereocenters. The molecule has 0 saturated carbocycles. The molecule has 2 atom stereocenters. The summed E-state index contributed by atoms with van der Waals surface area (Å²) < 4.78 is 27.4. The van der Waals surface area contributed by atoms with E-state index in [0.29, 0.717) is 6.54 Å². The second-order valence-electron chi connectivity index (χ2n) is 10.0. The molecule has 32 heavy (non-hydrogen) atoms. The number of amides is 2. The summed E-state index contributed by atoms with van der Waals surface area (Å²) in [6.07, 6.45) is -2.64. The van der Waals surface area contributed by atoms with Crippen LogP contribution in [0.2, 0.25) is 0 Å². The molecular weight excluding hydrogens is 420 g/mol. The number of hydrogen-bond donors (Lipinski definition) is 4. The summed E-state index contributed by atoms with van der Waals surface area (Å²) in [6, 6.07) is 1.94. The number of rotatable bonds is 10. The predicted molar refractivity (Wildman–Crippen MR) is 119 cm³/mol. The lowest BCUT2D eigenvalue weighted by atomic mass is 9.93. The third-order valence-corrected chi connectivity index (χ3v) is 5.06. The van der Waals surface area contributed by atoms with Crippen LogP contribution in [-0.4, -0.2) is 63.4 Å². The summed E-state index contributed by atoms with van der Waals surface area (Å²) in [4.78, 5) is 25.6. The SMILES string of the molecule is CC(C)CNC(=O)C(C)(C)NC[C@H](O)[C@H](Cc1cc(F)cc(F)c1)N(C(=O)O)C(C)(C)C. The van der Waals surface area contributed by atoms with E-state index in [1.807, 2.05) is 13.8 Å². The molecule has 9 heteroatoms. The maximum atomic E-state index is 13.7. The highest BCUT2D eigenvalue weighted by molar-refractivity contribution is 5.85. The van der Waals surface area contributed by atoms with Crippen LogP contribution in [0, 0.1) is 17.6 Å². The quantitative estimate of drug-likeness (QED) is 0.432. The Morgan fingerprint density at radius 1 is 1.03 bits per heavy atom. The number of hydrogen-bond acceptors (Lipinski definition) is 4. The molecule has 2 amide bonds. The summed E-state index contributed by atoms with van der Waals surface area (Å²) >= 11 is 0. The monoisotopic (exact) mass is 457 g/mol. The van der Waals surface area contributed by atoms with E-state index >= 15 is 0 Å². The van der Waals surface area contributed by atoms with Gasteiger partial charge in [-0.15, -0.1) is 0 Å². The molecule has 0 aliphatic rings. The number of nitrogens with one attached hydrogen (secondary N) is 2. The van der Waals surface area contributed by atoms with Crippen molar-refractivity contribution < 1.29 is 28.6 Å². The molecule has 0 heterocycles. The molecule has 1 aromatic carbocycles. The van der Waals surface area contributed by atoms with Gasteiger partial charge in [0.1, 0.15) is 11.6 Å². The number of carbonyl (C=O) groups excluding carboxylic acids is 1. The molecule has 1 aromatic rings. The van der Waals surface area contributed by atoms with Gasteiger partial charge in [0.2, 0.25) is 5.91 Å². The molecule has 0 aliphatic carbocycles. The zero-order valence-corrected chi connectivity index (χ0v) is 20.0. The van der Waals surface area contributed by atoms with E-state index in [-0.39, 0.29) is 30.4 Å². The summed E-state index contributed by atoms with van der Waals surface area (Å²) in [5.74, 6) is -1.56. The molecule has 1 rings (SSSR count). The third kappa shape index (κ3) is 8.35. The average Bonchev–Trinajstić information content (AvgIpc) is 2.61. The number of carboxylic acid groups (broad SMARTS) is 1. The Hall–Kier alpha value is -2.26. The van der Waals surface area contributed by atoms with E-state index in [1.165, 1.54) is 0 Å². The Morgan fingerprint density at radius 2 is 1.56 bits per heavy atom. The van der Waals surface area contributed by atoms with Crippen LogP contribution in [0.1, 0.15) is 54.0 Å². The summed E-state index contributed by atoms with van der Waals surface area (Å²) in [7, 11) is 0. The van der Waals surface area contributed by atoms with Crippen LogP contribution in [-0.2, 0) is 11.2 Å². The second kappa shape index (κ2) is 11.0. The molecule has 182 valence electrons. The van der Waals surface area contributed by atoms with E-state index in [0.717, 1.165) is 23.1 Å². The van der Waals surface area contributed by atoms with Crippen LogP contribution in [0.4, 0.5) is 13.6 Å². The molecule has 0 spiro atoms. The number of aliphatic hydroxyl groups is 1. The zero-order valence-electron chi connectivity index (χ0n) is 20.0. The van der Waals surface area contributed by atoms with Gasteiger partial charge in [-0.2, -0.15) is 0 Å². The smallest absolute Gasteiger partial charge is 0.408 e. The Balaban J connectivity index is 3.12. The normalized spacial score (nSPS) is 14.2. The van der Waals surface area contributed by atoms with Gasteiger partial charge in [0.25, 0.3) is 0 Å². The lowest BCUT2D eigenvalue weighted by Gasteiger charge is -2.42. The topological polar surface area (TPSA) is 102 Å². The molecule has 7 nitrogen and oxygen atoms in total. The van der Waals surface area contributed by atoms with E-state index in [2.05, 4.69) is 10.6 Å². The van der Waals surface area contributed by atoms with Crippen LogP contribution in [0.3, 0.4) is 0 Å². The van der Waals surface area contributed by atoms with Gasteiger partial charge in [-0.25, -0.2) is 13.6 Å². The first-order valence-electron chi connectivity index (χ1n) is 10.7. The number of halogens is 2. The fourth-order valence-electron chi connectivity index (χ4n) is 3.39. The Kier molecular flexibility index (Phi) is 9.59. The molecule has 0 radical (unpaired) electrons. The van der Waals surface area contributed by atoms with Crippen molar-refractivity contribution in [2.45, 2.75) is 78.1 Å². The van der Waals surface area contributed by atoms with Crippen molar-refractivity contribution in [3.05, 3.63) is 35.4 Å². The van der Waals surface area contributed by atoms with Crippen LogP contribution >= 0.6 is 0 Å². The number of β-amino-alcohol motifs (C(OH)–C–C–N with tert-alkyl or cyclic N) is 1. The van der Waals surface area contributed by atoms with Crippen LogP contribution in [0.5, 0.6) is 0 Å². The number of carbonyl (C=O) groups is 2. The van der Waals surface area contributed by atoms with Crippen LogP contribution < -0.4 is 10.6 Å². The number of benzene rings is 1. The highest BCUT2D eigenvalue weighted by Crippen LogP contribution is 2.24. The largest absolute Gasteiger partial charge is 0.465 e. The molecule has 0 fully saturated rings. The van der Waals surface area contributed by atoms with Crippen LogP contribution in [0.15, 0.2) is 18.2 Å². The molecule has 0 bridgehead atoms. The minimum Gasteiger partial charge on any atom is -0.465 e. The predicted octanol–water partition coefficient (Wildman–Crippen LogP) is 3.16. The molecule has 4 N–H and O–H groups in total. The van der Waals surface area contributed by atoms with Gasteiger partial charge in [0, 0.05) is 24.7 Å². The molecule has 0 aliphatic heterocycles. The lowest BCUT2D eigenvalue weighted by molar-refractivity contribution is -0.126. The van der Waals surface area contributed by atoms with Crippen molar-refractivity contribution in [1.82, 2.24) is 15.5 Å². The van der Waals surface area contributed by atoms with Gasteiger partial charge in [-0.05, 0) is 64.7 Å².